The average molecular weight is 281 g/mol. The highest BCUT2D eigenvalue weighted by atomic mass is 32.2. The van der Waals surface area contributed by atoms with Crippen LogP contribution in [-0.4, -0.2) is 32.9 Å². The second-order valence-electron chi connectivity index (χ2n) is 4.24. The molecule has 6 nitrogen and oxygen atoms in total. The van der Waals surface area contributed by atoms with Crippen LogP contribution in [0.3, 0.4) is 0 Å². The first-order valence-corrected chi connectivity index (χ1v) is 7.37. The van der Waals surface area contributed by atoms with Gasteiger partial charge in [-0.05, 0) is 25.0 Å². The summed E-state index contributed by atoms with van der Waals surface area (Å²) in [6.07, 6.45) is 1.76. The van der Waals surface area contributed by atoms with Gasteiger partial charge in [-0.2, -0.15) is 18.0 Å². The summed E-state index contributed by atoms with van der Waals surface area (Å²) >= 11 is 0. The van der Waals surface area contributed by atoms with Crippen molar-refractivity contribution in [1.29, 1.82) is 5.26 Å². The van der Waals surface area contributed by atoms with E-state index in [0.717, 1.165) is 12.8 Å². The highest BCUT2D eigenvalue weighted by Crippen LogP contribution is 2.27. The Morgan fingerprint density at radius 3 is 2.63 bits per heavy atom. The molecule has 0 unspecified atom stereocenters. The standard InChI is InChI=1S/C12H15N3O3S/c1-18-12-8-10(9-13)4-5-11(12)14-19(16,17)15-6-2-3-7-15/h4-5,8,14H,2-3,6-7H2,1H3. The monoisotopic (exact) mass is 281 g/mol. The fourth-order valence-corrected chi connectivity index (χ4v) is 3.29. The molecule has 1 aromatic carbocycles. The van der Waals surface area contributed by atoms with E-state index in [1.54, 1.807) is 6.07 Å². The normalized spacial score (nSPS) is 16.0. The lowest BCUT2D eigenvalue weighted by Gasteiger charge is -2.18. The first-order valence-electron chi connectivity index (χ1n) is 5.93. The molecule has 0 aliphatic carbocycles. The molecule has 0 bridgehead atoms. The quantitative estimate of drug-likeness (QED) is 0.902. The fraction of sp³-hybridized carbons (Fsp3) is 0.417. The number of nitrogens with zero attached hydrogens (tertiary/aromatic N) is 2. The predicted octanol–water partition coefficient (Wildman–Crippen LogP) is 1.32. The van der Waals surface area contributed by atoms with E-state index in [0.29, 0.717) is 30.1 Å². The number of nitrogens with one attached hydrogen (secondary N) is 1. The van der Waals surface area contributed by atoms with Crippen LogP contribution in [0.15, 0.2) is 18.2 Å². The Labute approximate surface area is 112 Å². The van der Waals surface area contributed by atoms with E-state index in [4.69, 9.17) is 10.00 Å². The first kappa shape index (κ1) is 13.6. The highest BCUT2D eigenvalue weighted by molar-refractivity contribution is 7.90. The van der Waals surface area contributed by atoms with Crippen molar-refractivity contribution in [3.8, 4) is 11.8 Å². The Kier molecular flexibility index (Phi) is 3.93. The second-order valence-corrected chi connectivity index (χ2v) is 5.91. The largest absolute Gasteiger partial charge is 0.495 e. The third-order valence-corrected chi connectivity index (χ3v) is 4.50. The maximum absolute atomic E-state index is 12.1. The third kappa shape index (κ3) is 2.97. The molecule has 19 heavy (non-hydrogen) atoms. The van der Waals surface area contributed by atoms with Crippen molar-refractivity contribution in [3.63, 3.8) is 0 Å². The lowest BCUT2D eigenvalue weighted by atomic mass is 10.2. The molecule has 1 aliphatic rings. The van der Waals surface area contributed by atoms with E-state index in [1.165, 1.54) is 23.5 Å². The number of ether oxygens (including phenoxy) is 1. The number of rotatable bonds is 4. The van der Waals surface area contributed by atoms with Crippen LogP contribution in [0.25, 0.3) is 0 Å². The van der Waals surface area contributed by atoms with Crippen LogP contribution in [-0.2, 0) is 10.2 Å². The molecular formula is C12H15N3O3S. The predicted molar refractivity (Wildman–Crippen MR) is 71.1 cm³/mol. The number of hydrogen-bond acceptors (Lipinski definition) is 4. The van der Waals surface area contributed by atoms with Crippen molar-refractivity contribution in [1.82, 2.24) is 4.31 Å². The summed E-state index contributed by atoms with van der Waals surface area (Å²) in [6, 6.07) is 6.56. The minimum Gasteiger partial charge on any atom is -0.495 e. The molecule has 1 heterocycles. The number of benzene rings is 1. The van der Waals surface area contributed by atoms with E-state index in [2.05, 4.69) is 4.72 Å². The summed E-state index contributed by atoms with van der Waals surface area (Å²) in [5.41, 5.74) is 0.759. The van der Waals surface area contributed by atoms with Gasteiger partial charge in [0.15, 0.2) is 0 Å². The average Bonchev–Trinajstić information content (AvgIpc) is 2.93. The summed E-state index contributed by atoms with van der Waals surface area (Å²) in [4.78, 5) is 0. The molecule has 0 atom stereocenters. The first-order chi connectivity index (χ1) is 9.06. The van der Waals surface area contributed by atoms with Gasteiger partial charge in [0.2, 0.25) is 0 Å². The van der Waals surface area contributed by atoms with Gasteiger partial charge in [-0.1, -0.05) is 0 Å². The molecule has 1 aliphatic heterocycles. The lowest BCUT2D eigenvalue weighted by Crippen LogP contribution is -2.33. The zero-order valence-electron chi connectivity index (χ0n) is 10.6. The van der Waals surface area contributed by atoms with Crippen LogP contribution in [0.1, 0.15) is 18.4 Å². The van der Waals surface area contributed by atoms with Crippen LogP contribution in [0.2, 0.25) is 0 Å². The number of methoxy groups -OCH3 is 1. The molecule has 1 aromatic rings. The molecule has 1 fully saturated rings. The molecule has 102 valence electrons. The van der Waals surface area contributed by atoms with Crippen LogP contribution in [0.4, 0.5) is 5.69 Å². The summed E-state index contributed by atoms with van der Waals surface area (Å²) < 4.78 is 33.2. The van der Waals surface area contributed by atoms with Crippen LogP contribution in [0, 0.1) is 11.3 Å². The van der Waals surface area contributed by atoms with Gasteiger partial charge < -0.3 is 4.74 Å². The zero-order chi connectivity index (χ0) is 13.9. The Morgan fingerprint density at radius 2 is 2.05 bits per heavy atom. The molecule has 1 N–H and O–H groups in total. The molecular weight excluding hydrogens is 266 g/mol. The zero-order valence-corrected chi connectivity index (χ0v) is 11.4. The number of nitriles is 1. The molecule has 0 spiro atoms. The topological polar surface area (TPSA) is 82.4 Å². The summed E-state index contributed by atoms with van der Waals surface area (Å²) in [5, 5.41) is 8.80. The lowest BCUT2D eigenvalue weighted by molar-refractivity contribution is 0.416. The Balaban J connectivity index is 2.25. The Morgan fingerprint density at radius 1 is 1.37 bits per heavy atom. The van der Waals surface area contributed by atoms with E-state index >= 15 is 0 Å². The van der Waals surface area contributed by atoms with Gasteiger partial charge in [-0.3, -0.25) is 4.72 Å². The van der Waals surface area contributed by atoms with E-state index in [1.807, 2.05) is 6.07 Å². The second kappa shape index (κ2) is 5.47. The molecule has 0 aromatic heterocycles. The van der Waals surface area contributed by atoms with Gasteiger partial charge in [-0.25, -0.2) is 0 Å². The summed E-state index contributed by atoms with van der Waals surface area (Å²) in [7, 11) is -2.11. The maximum atomic E-state index is 12.1. The summed E-state index contributed by atoms with van der Waals surface area (Å²) in [6.45, 7) is 1.07. The summed E-state index contributed by atoms with van der Waals surface area (Å²) in [5.74, 6) is 0.335. The molecule has 0 saturated carbocycles. The smallest absolute Gasteiger partial charge is 0.301 e. The van der Waals surface area contributed by atoms with Gasteiger partial charge in [-0.15, -0.1) is 0 Å². The Bertz CT molecular complexity index is 601. The van der Waals surface area contributed by atoms with Gasteiger partial charge in [0.1, 0.15) is 5.75 Å². The van der Waals surface area contributed by atoms with Crippen molar-refractivity contribution >= 4 is 15.9 Å². The van der Waals surface area contributed by atoms with E-state index in [9.17, 15) is 8.42 Å². The molecule has 0 amide bonds. The molecule has 2 rings (SSSR count). The Hall–Kier alpha value is -1.78. The minimum absolute atomic E-state index is 0.335. The van der Waals surface area contributed by atoms with Crippen LogP contribution >= 0.6 is 0 Å². The molecule has 0 radical (unpaired) electrons. The van der Waals surface area contributed by atoms with Crippen molar-refractivity contribution in [2.45, 2.75) is 12.8 Å². The van der Waals surface area contributed by atoms with Gasteiger partial charge in [0.25, 0.3) is 0 Å². The molecule has 1 saturated heterocycles. The van der Waals surface area contributed by atoms with Crippen molar-refractivity contribution in [3.05, 3.63) is 23.8 Å². The maximum Gasteiger partial charge on any atom is 0.301 e. The van der Waals surface area contributed by atoms with Gasteiger partial charge >= 0.3 is 10.2 Å². The van der Waals surface area contributed by atoms with Gasteiger partial charge in [0.05, 0.1) is 24.4 Å². The number of anilines is 1. The van der Waals surface area contributed by atoms with Crippen molar-refractivity contribution in [2.24, 2.45) is 0 Å². The van der Waals surface area contributed by atoms with Crippen LogP contribution in [0.5, 0.6) is 5.75 Å². The van der Waals surface area contributed by atoms with Gasteiger partial charge in [0, 0.05) is 19.2 Å². The minimum atomic E-state index is -3.54. The van der Waals surface area contributed by atoms with Crippen LogP contribution < -0.4 is 9.46 Å². The van der Waals surface area contributed by atoms with E-state index < -0.39 is 10.2 Å². The number of hydrogen-bond donors (Lipinski definition) is 1. The van der Waals surface area contributed by atoms with E-state index in [-0.39, 0.29) is 0 Å². The van der Waals surface area contributed by atoms with Crippen molar-refractivity contribution < 1.29 is 13.2 Å². The third-order valence-electron chi connectivity index (χ3n) is 2.97. The van der Waals surface area contributed by atoms with Crippen molar-refractivity contribution in [2.75, 3.05) is 24.9 Å². The fourth-order valence-electron chi connectivity index (χ4n) is 1.98. The highest BCUT2D eigenvalue weighted by Gasteiger charge is 2.26. The molecule has 7 heteroatoms. The SMILES string of the molecule is COc1cc(C#N)ccc1NS(=O)(=O)N1CCCC1.